The zero-order chi connectivity index (χ0) is 12.6. The quantitative estimate of drug-likeness (QED) is 0.862. The molecule has 0 fully saturated rings. The molecule has 0 aliphatic rings. The second-order valence-corrected chi connectivity index (χ2v) is 4.92. The Kier molecular flexibility index (Phi) is 3.13. The summed E-state index contributed by atoms with van der Waals surface area (Å²) in [6.07, 6.45) is 1.42. The van der Waals surface area contributed by atoms with Gasteiger partial charge in [0.2, 0.25) is 0 Å². The lowest BCUT2D eigenvalue weighted by Gasteiger charge is -2.08. The number of benzene rings is 1. The van der Waals surface area contributed by atoms with Crippen LogP contribution in [-0.4, -0.2) is 18.0 Å². The summed E-state index contributed by atoms with van der Waals surface area (Å²) in [5, 5.41) is 0.719. The van der Waals surface area contributed by atoms with E-state index in [0.29, 0.717) is 10.4 Å². The Morgan fingerprint density at radius 1 is 1.29 bits per heavy atom. The van der Waals surface area contributed by atoms with Crippen molar-refractivity contribution in [3.63, 3.8) is 0 Å². The summed E-state index contributed by atoms with van der Waals surface area (Å²) in [7, 11) is -4.67. The fraction of sp³-hybridized carbons (Fsp3) is 0. The molecular weight excluding hydrogens is 289 g/mol. The molecule has 2 aromatic rings. The molecule has 17 heavy (non-hydrogen) atoms. The number of hydrogen-bond acceptors (Lipinski definition) is 4. The summed E-state index contributed by atoms with van der Waals surface area (Å²) in [6, 6.07) is 4.56. The molecule has 0 aliphatic carbocycles. The lowest BCUT2D eigenvalue weighted by atomic mass is 10.2. The minimum absolute atomic E-state index is 0.0566. The topological polar surface area (TPSA) is 76.5 Å². The Bertz CT molecular complexity index is 687. The third kappa shape index (κ3) is 2.61. The maximum Gasteiger partial charge on any atom is 0.446 e. The fourth-order valence-corrected chi connectivity index (χ4v) is 2.31. The molecule has 0 radical (unpaired) electrons. The van der Waals surface area contributed by atoms with Crippen LogP contribution < -0.4 is 4.18 Å². The summed E-state index contributed by atoms with van der Waals surface area (Å²) in [6.45, 7) is 0. The highest BCUT2D eigenvalue weighted by molar-refractivity contribution is 7.81. The first-order valence-electron chi connectivity index (χ1n) is 4.28. The SMILES string of the molecule is O=S(=O)(O)Oc1c(Cl)cc(Cl)c2cccnc12. The molecule has 90 valence electrons. The van der Waals surface area contributed by atoms with Gasteiger partial charge in [0.15, 0.2) is 5.75 Å². The highest BCUT2D eigenvalue weighted by Gasteiger charge is 2.17. The van der Waals surface area contributed by atoms with Crippen LogP contribution >= 0.6 is 23.2 Å². The van der Waals surface area contributed by atoms with Crippen molar-refractivity contribution in [2.45, 2.75) is 0 Å². The summed E-state index contributed by atoms with van der Waals surface area (Å²) in [5.41, 5.74) is 0.155. The van der Waals surface area contributed by atoms with Crippen LogP contribution in [0.1, 0.15) is 0 Å². The summed E-state index contributed by atoms with van der Waals surface area (Å²) in [4.78, 5) is 3.92. The molecule has 1 aromatic heterocycles. The van der Waals surface area contributed by atoms with Crippen molar-refractivity contribution in [3.05, 3.63) is 34.4 Å². The van der Waals surface area contributed by atoms with Crippen LogP contribution in [0.4, 0.5) is 0 Å². The number of nitrogens with zero attached hydrogens (tertiary/aromatic N) is 1. The molecule has 0 saturated heterocycles. The Labute approximate surface area is 107 Å². The maximum absolute atomic E-state index is 10.7. The number of halogens is 2. The van der Waals surface area contributed by atoms with Crippen LogP contribution in [-0.2, 0) is 10.4 Å². The van der Waals surface area contributed by atoms with Crippen molar-refractivity contribution in [2.75, 3.05) is 0 Å². The second kappa shape index (κ2) is 4.30. The number of fused-ring (bicyclic) bond motifs is 1. The average Bonchev–Trinajstić information content (AvgIpc) is 2.23. The number of rotatable bonds is 2. The van der Waals surface area contributed by atoms with Gasteiger partial charge in [-0.2, -0.15) is 8.42 Å². The lowest BCUT2D eigenvalue weighted by molar-refractivity contribution is 0.388. The summed E-state index contributed by atoms with van der Waals surface area (Å²) < 4.78 is 34.4. The van der Waals surface area contributed by atoms with E-state index >= 15 is 0 Å². The van der Waals surface area contributed by atoms with E-state index in [2.05, 4.69) is 9.17 Å². The minimum atomic E-state index is -4.67. The molecule has 0 aliphatic heterocycles. The summed E-state index contributed by atoms with van der Waals surface area (Å²) >= 11 is 11.7. The van der Waals surface area contributed by atoms with Crippen LogP contribution in [0.2, 0.25) is 10.0 Å². The highest BCUT2D eigenvalue weighted by atomic mass is 35.5. The second-order valence-electron chi connectivity index (χ2n) is 3.08. The first-order chi connectivity index (χ1) is 7.88. The average molecular weight is 294 g/mol. The van der Waals surface area contributed by atoms with Gasteiger partial charge in [0, 0.05) is 11.6 Å². The molecule has 0 bridgehead atoms. The molecule has 0 unspecified atom stereocenters. The Balaban J connectivity index is 2.78. The van der Waals surface area contributed by atoms with Crippen LogP contribution in [0.3, 0.4) is 0 Å². The smallest absolute Gasteiger partial charge is 0.358 e. The van der Waals surface area contributed by atoms with Crippen molar-refractivity contribution in [1.29, 1.82) is 0 Å². The largest absolute Gasteiger partial charge is 0.446 e. The first-order valence-corrected chi connectivity index (χ1v) is 6.40. The third-order valence-electron chi connectivity index (χ3n) is 1.94. The van der Waals surface area contributed by atoms with Crippen LogP contribution in [0, 0.1) is 0 Å². The van der Waals surface area contributed by atoms with Gasteiger partial charge in [0.25, 0.3) is 0 Å². The zero-order valence-electron chi connectivity index (χ0n) is 8.09. The van der Waals surface area contributed by atoms with E-state index in [1.54, 1.807) is 12.1 Å². The monoisotopic (exact) mass is 293 g/mol. The number of aromatic nitrogens is 1. The van der Waals surface area contributed by atoms with Crippen molar-refractivity contribution >= 4 is 44.5 Å². The van der Waals surface area contributed by atoms with E-state index < -0.39 is 10.4 Å². The predicted molar refractivity (Wildman–Crippen MR) is 63.9 cm³/mol. The molecule has 1 N–H and O–H groups in total. The normalized spacial score (nSPS) is 11.7. The standard InChI is InChI=1S/C9H5Cl2NO4S/c10-6-4-7(11)9(16-17(13,14)15)8-5(6)2-1-3-12-8/h1-4H,(H,13,14,15). The van der Waals surface area contributed by atoms with Gasteiger partial charge in [-0.25, -0.2) is 0 Å². The number of hydrogen-bond donors (Lipinski definition) is 1. The molecule has 1 heterocycles. The van der Waals surface area contributed by atoms with Gasteiger partial charge in [-0.05, 0) is 18.2 Å². The van der Waals surface area contributed by atoms with Gasteiger partial charge >= 0.3 is 10.4 Å². The molecule has 0 atom stereocenters. The van der Waals surface area contributed by atoms with Crippen LogP contribution in [0.5, 0.6) is 5.75 Å². The van der Waals surface area contributed by atoms with E-state index in [0.717, 1.165) is 0 Å². The maximum atomic E-state index is 10.7. The minimum Gasteiger partial charge on any atom is -0.358 e. The summed E-state index contributed by atoms with van der Waals surface area (Å²) in [5.74, 6) is -0.255. The van der Waals surface area contributed by atoms with Crippen LogP contribution in [0.15, 0.2) is 24.4 Å². The molecule has 2 rings (SSSR count). The van der Waals surface area contributed by atoms with Crippen molar-refractivity contribution in [1.82, 2.24) is 4.98 Å². The van der Waals surface area contributed by atoms with E-state index in [1.807, 2.05) is 0 Å². The first kappa shape index (κ1) is 12.4. The van der Waals surface area contributed by atoms with E-state index in [9.17, 15) is 8.42 Å². The molecule has 5 nitrogen and oxygen atoms in total. The third-order valence-corrected chi connectivity index (χ3v) is 2.91. The zero-order valence-corrected chi connectivity index (χ0v) is 10.4. The fourth-order valence-electron chi connectivity index (χ4n) is 1.33. The Morgan fingerprint density at radius 3 is 2.65 bits per heavy atom. The lowest BCUT2D eigenvalue weighted by Crippen LogP contribution is -2.07. The van der Waals surface area contributed by atoms with Crippen molar-refractivity contribution < 1.29 is 17.2 Å². The molecule has 0 saturated carbocycles. The van der Waals surface area contributed by atoms with Crippen molar-refractivity contribution in [2.24, 2.45) is 0 Å². The molecule has 0 amide bonds. The highest BCUT2D eigenvalue weighted by Crippen LogP contribution is 2.37. The molecule has 1 aromatic carbocycles. The van der Waals surface area contributed by atoms with Crippen LogP contribution in [0.25, 0.3) is 10.9 Å². The van der Waals surface area contributed by atoms with E-state index in [4.69, 9.17) is 27.8 Å². The van der Waals surface area contributed by atoms with Gasteiger partial charge in [0.05, 0.1) is 10.0 Å². The molecule has 8 heteroatoms. The number of pyridine rings is 1. The van der Waals surface area contributed by atoms with Gasteiger partial charge in [-0.15, -0.1) is 0 Å². The van der Waals surface area contributed by atoms with Gasteiger partial charge < -0.3 is 4.18 Å². The van der Waals surface area contributed by atoms with Gasteiger partial charge in [-0.1, -0.05) is 23.2 Å². The van der Waals surface area contributed by atoms with Crippen molar-refractivity contribution in [3.8, 4) is 5.75 Å². The van der Waals surface area contributed by atoms with Gasteiger partial charge in [-0.3, -0.25) is 9.54 Å². The predicted octanol–water partition coefficient (Wildman–Crippen LogP) is 2.72. The molecule has 0 spiro atoms. The Hall–Kier alpha value is -1.08. The van der Waals surface area contributed by atoms with E-state index in [1.165, 1.54) is 12.3 Å². The van der Waals surface area contributed by atoms with E-state index in [-0.39, 0.29) is 16.3 Å². The molecular formula is C9H5Cl2NO4S. The van der Waals surface area contributed by atoms with Gasteiger partial charge in [0.1, 0.15) is 5.52 Å². The Morgan fingerprint density at radius 2 is 2.00 bits per heavy atom.